The van der Waals surface area contributed by atoms with E-state index >= 15 is 0 Å². The van der Waals surface area contributed by atoms with Crippen LogP contribution in [0.25, 0.3) is 56.0 Å². The van der Waals surface area contributed by atoms with E-state index in [1.807, 2.05) is 48.8 Å². The summed E-state index contributed by atoms with van der Waals surface area (Å²) in [6, 6.07) is 16.9. The maximum atomic E-state index is 14.8. The van der Waals surface area contributed by atoms with Gasteiger partial charge in [-0.3, -0.25) is 19.9 Å². The molecule has 2 N–H and O–H groups in total. The number of aromatic amines is 2. The van der Waals surface area contributed by atoms with Gasteiger partial charge in [0.05, 0.1) is 22.2 Å². The molecule has 0 spiro atoms. The van der Waals surface area contributed by atoms with Gasteiger partial charge >= 0.3 is 0 Å². The van der Waals surface area contributed by atoms with Crippen molar-refractivity contribution in [3.63, 3.8) is 0 Å². The van der Waals surface area contributed by atoms with E-state index in [-0.39, 0.29) is 5.82 Å². The zero-order valence-corrected chi connectivity index (χ0v) is 25.1. The number of hydrogen-bond acceptors (Lipinski definition) is 7. The van der Waals surface area contributed by atoms with Gasteiger partial charge in [-0.25, -0.2) is 14.4 Å². The number of benzene rings is 2. The molecule has 0 amide bonds. The zero-order chi connectivity index (χ0) is 30.2. The highest BCUT2D eigenvalue weighted by atomic mass is 19.1. The minimum absolute atomic E-state index is 0.342. The average Bonchev–Trinajstić information content (AvgIpc) is 3.88. The van der Waals surface area contributed by atoms with Gasteiger partial charge in [0.1, 0.15) is 23.7 Å². The Hall–Kier alpha value is -4.67. The fourth-order valence-corrected chi connectivity index (χ4v) is 6.62. The molecule has 0 atom stereocenters. The van der Waals surface area contributed by atoms with Crippen molar-refractivity contribution in [1.82, 2.24) is 39.9 Å². The SMILES string of the molecule is Fc1cc(OCCN2CCCC2)cc(-c2cccc3[nH]c(-c4n[nH]c5ccc(-c6cncc(CN7CCCC7)c6)nc45)nc23)c1. The van der Waals surface area contributed by atoms with E-state index in [2.05, 4.69) is 36.0 Å². The number of nitrogens with one attached hydrogen (secondary N) is 2. The lowest BCUT2D eigenvalue weighted by molar-refractivity contribution is 0.237. The minimum Gasteiger partial charge on any atom is -0.492 e. The average molecular weight is 603 g/mol. The molecular formula is C35H35FN8O. The van der Waals surface area contributed by atoms with Crippen molar-refractivity contribution in [1.29, 1.82) is 0 Å². The summed E-state index contributed by atoms with van der Waals surface area (Å²) in [5, 5.41) is 7.70. The number of aromatic nitrogens is 6. The van der Waals surface area contributed by atoms with E-state index in [4.69, 9.17) is 14.7 Å². The second-order valence-electron chi connectivity index (χ2n) is 12.1. The molecule has 6 aromatic rings. The van der Waals surface area contributed by atoms with Gasteiger partial charge in [0.15, 0.2) is 11.5 Å². The first-order chi connectivity index (χ1) is 22.2. The Balaban J connectivity index is 1.09. The summed E-state index contributed by atoms with van der Waals surface area (Å²) in [6.07, 6.45) is 8.78. The first-order valence-corrected chi connectivity index (χ1v) is 15.8. The van der Waals surface area contributed by atoms with Crippen LogP contribution < -0.4 is 4.74 Å². The van der Waals surface area contributed by atoms with Gasteiger partial charge in [-0.2, -0.15) is 5.10 Å². The zero-order valence-electron chi connectivity index (χ0n) is 25.1. The third-order valence-corrected chi connectivity index (χ3v) is 8.90. The fourth-order valence-electron chi connectivity index (χ4n) is 6.62. The van der Waals surface area contributed by atoms with Gasteiger partial charge in [-0.15, -0.1) is 0 Å². The van der Waals surface area contributed by atoms with E-state index in [0.717, 1.165) is 78.2 Å². The summed E-state index contributed by atoms with van der Waals surface area (Å²) in [5.74, 6) is 0.768. The highest BCUT2D eigenvalue weighted by Crippen LogP contribution is 2.34. The first-order valence-electron chi connectivity index (χ1n) is 15.8. The number of rotatable bonds is 9. The van der Waals surface area contributed by atoms with Crippen LogP contribution in [0.15, 0.2) is 67.0 Å². The van der Waals surface area contributed by atoms with Gasteiger partial charge in [0, 0.05) is 42.7 Å². The molecule has 45 heavy (non-hydrogen) atoms. The number of imidazole rings is 1. The van der Waals surface area contributed by atoms with Crippen LogP contribution >= 0.6 is 0 Å². The number of pyridine rings is 2. The molecule has 9 nitrogen and oxygen atoms in total. The fraction of sp³-hybridized carbons (Fsp3) is 0.314. The highest BCUT2D eigenvalue weighted by Gasteiger charge is 2.19. The van der Waals surface area contributed by atoms with E-state index in [0.29, 0.717) is 29.4 Å². The number of nitrogens with zero attached hydrogens (tertiary/aromatic N) is 6. The van der Waals surface area contributed by atoms with Gasteiger partial charge in [-0.1, -0.05) is 12.1 Å². The predicted molar refractivity (Wildman–Crippen MR) is 173 cm³/mol. The molecule has 4 aromatic heterocycles. The van der Waals surface area contributed by atoms with Crippen LogP contribution in [0.2, 0.25) is 0 Å². The number of para-hydroxylation sites is 1. The summed E-state index contributed by atoms with van der Waals surface area (Å²) in [4.78, 5) is 22.8. The maximum absolute atomic E-state index is 14.8. The molecule has 0 bridgehead atoms. The Labute approximate surface area is 260 Å². The maximum Gasteiger partial charge on any atom is 0.161 e. The van der Waals surface area contributed by atoms with Crippen molar-refractivity contribution in [3.8, 4) is 39.7 Å². The van der Waals surface area contributed by atoms with Gasteiger partial charge in [0.25, 0.3) is 0 Å². The summed E-state index contributed by atoms with van der Waals surface area (Å²) in [7, 11) is 0. The van der Waals surface area contributed by atoms with Crippen molar-refractivity contribution < 1.29 is 9.13 Å². The molecular weight excluding hydrogens is 567 g/mol. The van der Waals surface area contributed by atoms with Crippen molar-refractivity contribution in [2.45, 2.75) is 32.2 Å². The van der Waals surface area contributed by atoms with Crippen molar-refractivity contribution in [3.05, 3.63) is 78.4 Å². The summed E-state index contributed by atoms with van der Waals surface area (Å²) in [5.41, 5.74) is 8.23. The Bertz CT molecular complexity index is 1970. The highest BCUT2D eigenvalue weighted by molar-refractivity contribution is 5.96. The Morgan fingerprint density at radius 1 is 0.800 bits per heavy atom. The Kier molecular flexibility index (Phi) is 7.44. The second-order valence-corrected chi connectivity index (χ2v) is 12.1. The largest absolute Gasteiger partial charge is 0.492 e. The Morgan fingerprint density at radius 3 is 2.51 bits per heavy atom. The summed E-state index contributed by atoms with van der Waals surface area (Å²) < 4.78 is 20.8. The lowest BCUT2D eigenvalue weighted by Gasteiger charge is -2.15. The molecule has 6 heterocycles. The Morgan fingerprint density at radius 2 is 1.64 bits per heavy atom. The number of hydrogen-bond donors (Lipinski definition) is 2. The molecule has 2 aromatic carbocycles. The molecule has 2 aliphatic heterocycles. The second kappa shape index (κ2) is 12.0. The minimum atomic E-state index is -0.342. The normalized spacial score (nSPS) is 15.9. The van der Waals surface area contributed by atoms with Crippen LogP contribution in [0.3, 0.4) is 0 Å². The van der Waals surface area contributed by atoms with Gasteiger partial charge < -0.3 is 9.72 Å². The third kappa shape index (κ3) is 5.79. The van der Waals surface area contributed by atoms with Crippen LogP contribution in [-0.2, 0) is 6.54 Å². The van der Waals surface area contributed by atoms with E-state index in [1.54, 1.807) is 0 Å². The summed E-state index contributed by atoms with van der Waals surface area (Å²) in [6.45, 7) is 6.76. The van der Waals surface area contributed by atoms with Gasteiger partial charge in [-0.05, 0) is 99.4 Å². The number of halogens is 1. The van der Waals surface area contributed by atoms with Crippen LogP contribution in [-0.4, -0.2) is 79.3 Å². The van der Waals surface area contributed by atoms with E-state index in [9.17, 15) is 4.39 Å². The predicted octanol–water partition coefficient (Wildman–Crippen LogP) is 6.44. The number of ether oxygens (including phenoxy) is 1. The first kappa shape index (κ1) is 27.8. The molecule has 228 valence electrons. The van der Waals surface area contributed by atoms with Crippen molar-refractivity contribution >= 4 is 22.1 Å². The van der Waals surface area contributed by atoms with Crippen LogP contribution in [0.1, 0.15) is 31.2 Å². The number of H-pyrrole nitrogens is 2. The molecule has 0 aliphatic carbocycles. The van der Waals surface area contributed by atoms with Crippen LogP contribution in [0.4, 0.5) is 4.39 Å². The lowest BCUT2D eigenvalue weighted by atomic mass is 10.0. The number of likely N-dealkylation sites (tertiary alicyclic amines) is 2. The van der Waals surface area contributed by atoms with Crippen LogP contribution in [0.5, 0.6) is 5.75 Å². The lowest BCUT2D eigenvalue weighted by Crippen LogP contribution is -2.25. The molecule has 0 saturated carbocycles. The summed E-state index contributed by atoms with van der Waals surface area (Å²) >= 11 is 0. The molecule has 2 saturated heterocycles. The van der Waals surface area contributed by atoms with E-state index < -0.39 is 0 Å². The molecule has 0 radical (unpaired) electrons. The number of fused-ring (bicyclic) bond motifs is 2. The molecule has 2 aliphatic rings. The molecule has 2 fully saturated rings. The monoisotopic (exact) mass is 602 g/mol. The molecule has 0 unspecified atom stereocenters. The van der Waals surface area contributed by atoms with Gasteiger partial charge in [0.2, 0.25) is 0 Å². The van der Waals surface area contributed by atoms with Crippen LogP contribution in [0, 0.1) is 5.82 Å². The van der Waals surface area contributed by atoms with E-state index in [1.165, 1.54) is 43.4 Å². The topological polar surface area (TPSA) is 98.8 Å². The quantitative estimate of drug-likeness (QED) is 0.197. The van der Waals surface area contributed by atoms with Crippen molar-refractivity contribution in [2.75, 3.05) is 39.3 Å². The third-order valence-electron chi connectivity index (χ3n) is 8.90. The molecule has 8 rings (SSSR count). The molecule has 10 heteroatoms. The van der Waals surface area contributed by atoms with Crippen molar-refractivity contribution in [2.24, 2.45) is 0 Å². The smallest absolute Gasteiger partial charge is 0.161 e. The standard InChI is InChI=1S/C35H35FN8O/c36-26-17-24(18-27(19-26)45-15-14-43-10-1-2-11-43)28-6-5-7-30-32(28)40-35(39-30)34-33-31(41-42-34)9-8-29(38-33)25-16-23(20-37-21-25)22-44-12-3-4-13-44/h5-9,16-21H,1-4,10-15,22H2,(H,39,40)(H,41,42).